The maximum absolute atomic E-state index is 11.8. The predicted molar refractivity (Wildman–Crippen MR) is 89.3 cm³/mol. The minimum Gasteiger partial charge on any atom is -0.351 e. The van der Waals surface area contributed by atoms with Crippen LogP contribution in [0.2, 0.25) is 0 Å². The largest absolute Gasteiger partial charge is 0.351 e. The third-order valence-electron chi connectivity index (χ3n) is 3.89. The summed E-state index contributed by atoms with van der Waals surface area (Å²) in [5.74, 6) is 0.665. The average molecular weight is 336 g/mol. The van der Waals surface area contributed by atoms with Crippen LogP contribution >= 0.6 is 22.7 Å². The number of aromatic nitrogens is 2. The average Bonchev–Trinajstić information content (AvgIpc) is 3.22. The molecule has 1 unspecified atom stereocenters. The molecule has 0 aliphatic carbocycles. The van der Waals surface area contributed by atoms with Gasteiger partial charge in [-0.3, -0.25) is 14.7 Å². The van der Waals surface area contributed by atoms with E-state index in [9.17, 15) is 4.79 Å². The molecule has 2 aromatic rings. The van der Waals surface area contributed by atoms with E-state index >= 15 is 0 Å². The van der Waals surface area contributed by atoms with Crippen molar-refractivity contribution in [3.05, 3.63) is 32.7 Å². The first-order valence-corrected chi connectivity index (χ1v) is 9.20. The highest BCUT2D eigenvalue weighted by Crippen LogP contribution is 2.22. The van der Waals surface area contributed by atoms with E-state index in [-0.39, 0.29) is 5.91 Å². The lowest BCUT2D eigenvalue weighted by Crippen LogP contribution is -2.26. The van der Waals surface area contributed by atoms with Crippen LogP contribution in [0, 0.1) is 12.8 Å². The fourth-order valence-electron chi connectivity index (χ4n) is 2.76. The zero-order chi connectivity index (χ0) is 15.4. The van der Waals surface area contributed by atoms with Crippen LogP contribution in [0.15, 0.2) is 17.9 Å². The lowest BCUT2D eigenvalue weighted by atomic mass is 10.1. The van der Waals surface area contributed by atoms with Gasteiger partial charge in [0.1, 0.15) is 9.88 Å². The lowest BCUT2D eigenvalue weighted by Gasteiger charge is -2.14. The monoisotopic (exact) mass is 336 g/mol. The Morgan fingerprint density at radius 1 is 1.50 bits per heavy atom. The maximum Gasteiger partial charge on any atom is 0.262 e. The molecule has 0 radical (unpaired) electrons. The molecule has 1 amide bonds. The molecule has 1 saturated heterocycles. The van der Waals surface area contributed by atoms with Gasteiger partial charge in [-0.1, -0.05) is 0 Å². The number of thiazole rings is 2. The van der Waals surface area contributed by atoms with Crippen molar-refractivity contribution < 1.29 is 4.79 Å². The zero-order valence-corrected chi connectivity index (χ0v) is 14.3. The Hall–Kier alpha value is -1.31. The van der Waals surface area contributed by atoms with Crippen LogP contribution < -0.4 is 5.32 Å². The van der Waals surface area contributed by atoms with Crippen molar-refractivity contribution >= 4 is 28.6 Å². The van der Waals surface area contributed by atoms with E-state index in [4.69, 9.17) is 0 Å². The van der Waals surface area contributed by atoms with Gasteiger partial charge in [0.05, 0.1) is 18.3 Å². The molecule has 5 nitrogen and oxygen atoms in total. The molecule has 3 rings (SSSR count). The van der Waals surface area contributed by atoms with Gasteiger partial charge in [-0.2, -0.15) is 0 Å². The number of amides is 1. The number of likely N-dealkylation sites (tertiary alicyclic amines) is 1. The number of hydrogen-bond acceptors (Lipinski definition) is 6. The number of carbonyl (C=O) groups excluding carboxylic acids is 1. The normalized spacial score (nSPS) is 18.7. The molecule has 1 N–H and O–H groups in total. The van der Waals surface area contributed by atoms with E-state index in [1.165, 1.54) is 27.6 Å². The highest BCUT2D eigenvalue weighted by Gasteiger charge is 2.23. The highest BCUT2D eigenvalue weighted by molar-refractivity contribution is 7.11. The molecule has 1 atom stereocenters. The van der Waals surface area contributed by atoms with Crippen molar-refractivity contribution in [1.82, 2.24) is 20.2 Å². The van der Waals surface area contributed by atoms with Crippen LogP contribution in [-0.4, -0.2) is 40.4 Å². The summed E-state index contributed by atoms with van der Waals surface area (Å²) in [4.78, 5) is 24.6. The minimum absolute atomic E-state index is 0.00406. The van der Waals surface area contributed by atoms with Crippen molar-refractivity contribution in [3.8, 4) is 0 Å². The van der Waals surface area contributed by atoms with Gasteiger partial charge in [0.25, 0.3) is 5.91 Å². The number of nitrogens with one attached hydrogen (secondary N) is 1. The van der Waals surface area contributed by atoms with Crippen LogP contribution in [0.3, 0.4) is 0 Å². The van der Waals surface area contributed by atoms with Gasteiger partial charge in [-0.15, -0.1) is 22.7 Å². The molecule has 1 aliphatic rings. The van der Waals surface area contributed by atoms with Gasteiger partial charge < -0.3 is 5.32 Å². The second-order valence-corrected chi connectivity index (χ2v) is 7.87. The van der Waals surface area contributed by atoms with Gasteiger partial charge in [-0.05, 0) is 32.2 Å². The van der Waals surface area contributed by atoms with Crippen molar-refractivity contribution in [2.75, 3.05) is 19.6 Å². The van der Waals surface area contributed by atoms with Crippen LogP contribution in [0.25, 0.3) is 0 Å². The summed E-state index contributed by atoms with van der Waals surface area (Å²) in [5, 5.41) is 4.19. The van der Waals surface area contributed by atoms with Gasteiger partial charge in [0.15, 0.2) is 0 Å². The molecule has 2 aromatic heterocycles. The third-order valence-corrected chi connectivity index (χ3v) is 5.56. The molecule has 1 aliphatic heterocycles. The van der Waals surface area contributed by atoms with E-state index in [0.29, 0.717) is 10.8 Å². The van der Waals surface area contributed by atoms with E-state index < -0.39 is 0 Å². The highest BCUT2D eigenvalue weighted by atomic mass is 32.1. The Kier molecular flexibility index (Phi) is 5.17. The Bertz CT molecular complexity index is 611. The molecule has 118 valence electrons. The minimum atomic E-state index is -0.00406. The molecule has 0 spiro atoms. The molecular weight excluding hydrogens is 316 g/mol. The Morgan fingerprint density at radius 2 is 2.41 bits per heavy atom. The molecule has 22 heavy (non-hydrogen) atoms. The predicted octanol–water partition coefficient (Wildman–Crippen LogP) is 2.55. The Morgan fingerprint density at radius 3 is 3.14 bits per heavy atom. The second kappa shape index (κ2) is 7.30. The number of nitrogens with zero attached hydrogens (tertiary/aromatic N) is 3. The quantitative estimate of drug-likeness (QED) is 0.881. The zero-order valence-electron chi connectivity index (χ0n) is 12.6. The van der Waals surface area contributed by atoms with Gasteiger partial charge >= 0.3 is 0 Å². The standard InChI is InChI=1S/C15H20N4OS2/c1-11-6-18-14(22-11)9-19-5-3-12(8-19)2-4-17-15(20)13-7-16-10-21-13/h6-7,10,12H,2-5,8-9H2,1H3,(H,17,20). The number of rotatable bonds is 6. The second-order valence-electron chi connectivity index (χ2n) is 5.66. The first-order valence-electron chi connectivity index (χ1n) is 7.51. The molecular formula is C15H20N4OS2. The van der Waals surface area contributed by atoms with Crippen molar-refractivity contribution in [3.63, 3.8) is 0 Å². The fraction of sp³-hybridized carbons (Fsp3) is 0.533. The molecule has 0 bridgehead atoms. The number of carbonyl (C=O) groups is 1. The van der Waals surface area contributed by atoms with Crippen molar-refractivity contribution in [2.24, 2.45) is 5.92 Å². The summed E-state index contributed by atoms with van der Waals surface area (Å²) in [6, 6.07) is 0. The summed E-state index contributed by atoms with van der Waals surface area (Å²) in [6.07, 6.45) is 5.81. The SMILES string of the molecule is Cc1cnc(CN2CCC(CCNC(=O)c3cncs3)C2)s1. The molecule has 3 heterocycles. The van der Waals surface area contributed by atoms with E-state index in [2.05, 4.69) is 27.1 Å². The topological polar surface area (TPSA) is 58.1 Å². The first-order chi connectivity index (χ1) is 10.7. The summed E-state index contributed by atoms with van der Waals surface area (Å²) >= 11 is 3.16. The first kappa shape index (κ1) is 15.6. The smallest absolute Gasteiger partial charge is 0.262 e. The fourth-order valence-corrected chi connectivity index (χ4v) is 4.13. The Balaban J connectivity index is 1.37. The van der Waals surface area contributed by atoms with E-state index in [1.807, 2.05) is 6.20 Å². The van der Waals surface area contributed by atoms with Crippen molar-refractivity contribution in [2.45, 2.75) is 26.3 Å². The third kappa shape index (κ3) is 4.12. The van der Waals surface area contributed by atoms with Crippen molar-refractivity contribution in [1.29, 1.82) is 0 Å². The van der Waals surface area contributed by atoms with E-state index in [0.717, 1.165) is 32.6 Å². The summed E-state index contributed by atoms with van der Waals surface area (Å²) in [7, 11) is 0. The molecule has 0 saturated carbocycles. The van der Waals surface area contributed by atoms with Gasteiger partial charge in [0.2, 0.25) is 0 Å². The van der Waals surface area contributed by atoms with Crippen LogP contribution in [-0.2, 0) is 6.54 Å². The molecule has 7 heteroatoms. The number of hydrogen-bond donors (Lipinski definition) is 1. The van der Waals surface area contributed by atoms with Crippen LogP contribution in [0.5, 0.6) is 0 Å². The number of aryl methyl sites for hydroxylation is 1. The summed E-state index contributed by atoms with van der Waals surface area (Å²) in [5.41, 5.74) is 1.68. The van der Waals surface area contributed by atoms with E-state index in [1.54, 1.807) is 23.0 Å². The van der Waals surface area contributed by atoms with Crippen LogP contribution in [0.4, 0.5) is 0 Å². The lowest BCUT2D eigenvalue weighted by molar-refractivity contribution is 0.0955. The Labute approximate surface area is 138 Å². The summed E-state index contributed by atoms with van der Waals surface area (Å²) in [6.45, 7) is 6.04. The molecule has 1 fully saturated rings. The summed E-state index contributed by atoms with van der Waals surface area (Å²) < 4.78 is 0. The maximum atomic E-state index is 11.8. The molecule has 0 aromatic carbocycles. The van der Waals surface area contributed by atoms with Gasteiger partial charge in [-0.25, -0.2) is 4.98 Å². The van der Waals surface area contributed by atoms with Crippen LogP contribution in [0.1, 0.15) is 32.4 Å². The van der Waals surface area contributed by atoms with Gasteiger partial charge in [0, 0.05) is 24.2 Å².